The first kappa shape index (κ1) is 21.1. The fraction of sp³-hybridized carbons (Fsp3) is 0.824. The number of nitrogens with one attached hydrogen (secondary N) is 1. The van der Waals surface area contributed by atoms with Gasteiger partial charge in [-0.25, -0.2) is 0 Å². The summed E-state index contributed by atoms with van der Waals surface area (Å²) < 4.78 is 0. The Morgan fingerprint density at radius 3 is 2.05 bits per heavy atom. The number of hydroxylamine groups is 1. The van der Waals surface area contributed by atoms with E-state index in [1.165, 1.54) is 32.1 Å². The predicted molar refractivity (Wildman–Crippen MR) is 95.3 cm³/mol. The number of hydrogen-bond donors (Lipinski definition) is 4. The molecule has 0 radical (unpaired) electrons. The molecular formula is C17H36N4O. The van der Waals surface area contributed by atoms with Crippen LogP contribution < -0.4 is 16.9 Å². The molecule has 0 spiro atoms. The van der Waals surface area contributed by atoms with Gasteiger partial charge in [0, 0.05) is 13.0 Å². The van der Waals surface area contributed by atoms with Gasteiger partial charge in [-0.3, -0.25) is 15.7 Å². The molecule has 0 aliphatic heterocycles. The maximum absolute atomic E-state index is 9.02. The molecule has 0 saturated carbocycles. The molecule has 5 nitrogen and oxygen atoms in total. The Balaban J connectivity index is 3.42. The minimum absolute atomic E-state index is 0.705. The molecule has 0 unspecified atom stereocenters. The number of unbranched alkanes of at least 4 members (excludes halogenated alkanes) is 7. The zero-order valence-electron chi connectivity index (χ0n) is 14.1. The molecule has 0 heterocycles. The summed E-state index contributed by atoms with van der Waals surface area (Å²) in [5, 5.41) is 9.02. The molecule has 6 N–H and O–H groups in total. The molecule has 0 fully saturated rings. The summed E-state index contributed by atoms with van der Waals surface area (Å²) in [4.78, 5) is 4.34. The normalized spacial score (nSPS) is 12.2. The molecule has 0 aromatic carbocycles. The zero-order valence-corrected chi connectivity index (χ0v) is 14.1. The number of nitrogens with two attached hydrogens (primary N) is 2. The molecule has 0 aliphatic rings. The van der Waals surface area contributed by atoms with Gasteiger partial charge in [-0.1, -0.05) is 25.0 Å². The van der Waals surface area contributed by atoms with Crippen molar-refractivity contribution >= 4 is 5.84 Å². The van der Waals surface area contributed by atoms with E-state index in [0.29, 0.717) is 12.4 Å². The number of hydrogen-bond acceptors (Lipinski definition) is 4. The van der Waals surface area contributed by atoms with Crippen molar-refractivity contribution < 1.29 is 5.21 Å². The second kappa shape index (κ2) is 18.1. The van der Waals surface area contributed by atoms with Crippen LogP contribution in [0.5, 0.6) is 0 Å². The van der Waals surface area contributed by atoms with E-state index in [4.69, 9.17) is 16.7 Å². The van der Waals surface area contributed by atoms with E-state index >= 15 is 0 Å². The Morgan fingerprint density at radius 1 is 0.818 bits per heavy atom. The van der Waals surface area contributed by atoms with Crippen LogP contribution in [0.4, 0.5) is 0 Å². The Hall–Kier alpha value is -0.910. The fourth-order valence-electron chi connectivity index (χ4n) is 2.19. The molecule has 0 saturated heterocycles. The van der Waals surface area contributed by atoms with Crippen molar-refractivity contribution in [3.63, 3.8) is 0 Å². The minimum Gasteiger partial charge on any atom is -0.330 e. The minimum atomic E-state index is 0.705. The lowest BCUT2D eigenvalue weighted by Gasteiger charge is -2.05. The maximum Gasteiger partial charge on any atom is 0.120 e. The Bertz CT molecular complexity index is 280. The quantitative estimate of drug-likeness (QED) is 0.123. The maximum atomic E-state index is 9.02. The van der Waals surface area contributed by atoms with Crippen molar-refractivity contribution in [2.24, 2.45) is 16.5 Å². The van der Waals surface area contributed by atoms with Gasteiger partial charge < -0.3 is 11.5 Å². The van der Waals surface area contributed by atoms with Gasteiger partial charge in [-0.2, -0.15) is 0 Å². The molecule has 0 atom stereocenters. The van der Waals surface area contributed by atoms with E-state index in [9.17, 15) is 0 Å². The lowest BCUT2D eigenvalue weighted by atomic mass is 10.1. The second-order valence-electron chi connectivity index (χ2n) is 5.64. The summed E-state index contributed by atoms with van der Waals surface area (Å²) >= 11 is 0. The van der Waals surface area contributed by atoms with Gasteiger partial charge >= 0.3 is 0 Å². The van der Waals surface area contributed by atoms with Crippen LogP contribution in [0.15, 0.2) is 17.1 Å². The van der Waals surface area contributed by atoms with Gasteiger partial charge in [0.25, 0.3) is 0 Å². The summed E-state index contributed by atoms with van der Waals surface area (Å²) in [6.45, 7) is 2.25. The van der Waals surface area contributed by atoms with E-state index in [0.717, 1.165) is 51.6 Å². The average molecular weight is 313 g/mol. The number of nitrogens with zero attached hydrogens (tertiary/aromatic N) is 1. The predicted octanol–water partition coefficient (Wildman–Crippen LogP) is 3.13. The third kappa shape index (κ3) is 15.5. The third-order valence-corrected chi connectivity index (χ3v) is 3.57. The van der Waals surface area contributed by atoms with E-state index in [1.54, 1.807) is 0 Å². The molecule has 5 heteroatoms. The van der Waals surface area contributed by atoms with Crippen molar-refractivity contribution in [3.8, 4) is 0 Å². The van der Waals surface area contributed by atoms with Gasteiger partial charge in [-0.05, 0) is 64.5 Å². The van der Waals surface area contributed by atoms with Crippen LogP contribution in [0.1, 0.15) is 70.6 Å². The van der Waals surface area contributed by atoms with Gasteiger partial charge in [-0.15, -0.1) is 0 Å². The standard InChI is InChI=1S/C17H36N4O/c18-14-10-8-6-4-2-1-3-5-7-9-13-17(21-22)20-16-12-11-15-19/h2,4,22H,1,3,5-16,18-19H2,(H,20,21)/b4-2-. The highest BCUT2D eigenvalue weighted by Gasteiger charge is 1.97. The van der Waals surface area contributed by atoms with Crippen molar-refractivity contribution in [2.75, 3.05) is 19.6 Å². The zero-order chi connectivity index (χ0) is 16.3. The van der Waals surface area contributed by atoms with Crippen LogP contribution in [0.25, 0.3) is 0 Å². The van der Waals surface area contributed by atoms with Crippen LogP contribution in [-0.4, -0.2) is 30.7 Å². The lowest BCUT2D eigenvalue weighted by Crippen LogP contribution is -2.19. The van der Waals surface area contributed by atoms with E-state index in [-0.39, 0.29) is 0 Å². The topological polar surface area (TPSA) is 96.7 Å². The van der Waals surface area contributed by atoms with Crippen LogP contribution in [-0.2, 0) is 0 Å². The van der Waals surface area contributed by atoms with Crippen LogP contribution in [0.2, 0.25) is 0 Å². The van der Waals surface area contributed by atoms with E-state index in [1.807, 2.05) is 0 Å². The highest BCUT2D eigenvalue weighted by molar-refractivity contribution is 5.80. The SMILES string of the molecule is NCCCC/C=C\CCCCCCC(=NCCCCN)NO. The van der Waals surface area contributed by atoms with Crippen molar-refractivity contribution in [1.29, 1.82) is 0 Å². The van der Waals surface area contributed by atoms with Gasteiger partial charge in [0.15, 0.2) is 0 Å². The van der Waals surface area contributed by atoms with Gasteiger partial charge in [0.2, 0.25) is 0 Å². The van der Waals surface area contributed by atoms with E-state index in [2.05, 4.69) is 22.6 Å². The smallest absolute Gasteiger partial charge is 0.120 e. The number of aliphatic imine (C=N–C) groups is 1. The largest absolute Gasteiger partial charge is 0.330 e. The van der Waals surface area contributed by atoms with Crippen molar-refractivity contribution in [2.45, 2.75) is 70.6 Å². The Labute approximate surface area is 136 Å². The number of allylic oxidation sites excluding steroid dienone is 2. The van der Waals surface area contributed by atoms with Crippen LogP contribution in [0, 0.1) is 0 Å². The molecular weight excluding hydrogens is 276 g/mol. The van der Waals surface area contributed by atoms with Crippen LogP contribution in [0.3, 0.4) is 0 Å². The average Bonchev–Trinajstić information content (AvgIpc) is 2.54. The molecule has 22 heavy (non-hydrogen) atoms. The first-order chi connectivity index (χ1) is 10.8. The summed E-state index contributed by atoms with van der Waals surface area (Å²) in [7, 11) is 0. The molecule has 0 rings (SSSR count). The molecule has 0 aliphatic carbocycles. The van der Waals surface area contributed by atoms with Crippen molar-refractivity contribution in [3.05, 3.63) is 12.2 Å². The monoisotopic (exact) mass is 312 g/mol. The second-order valence-corrected chi connectivity index (χ2v) is 5.64. The lowest BCUT2D eigenvalue weighted by molar-refractivity contribution is 0.231. The highest BCUT2D eigenvalue weighted by Crippen LogP contribution is 2.07. The molecule has 0 aromatic rings. The first-order valence-corrected chi connectivity index (χ1v) is 8.83. The summed E-state index contributed by atoms with van der Waals surface area (Å²) in [6.07, 6.45) is 16.7. The van der Waals surface area contributed by atoms with Crippen LogP contribution >= 0.6 is 0 Å². The molecule has 0 bridgehead atoms. The van der Waals surface area contributed by atoms with Gasteiger partial charge in [0.1, 0.15) is 5.84 Å². The third-order valence-electron chi connectivity index (χ3n) is 3.57. The Morgan fingerprint density at radius 2 is 1.41 bits per heavy atom. The van der Waals surface area contributed by atoms with Gasteiger partial charge in [0.05, 0.1) is 0 Å². The van der Waals surface area contributed by atoms with E-state index < -0.39 is 0 Å². The highest BCUT2D eigenvalue weighted by atomic mass is 16.5. The van der Waals surface area contributed by atoms with Crippen molar-refractivity contribution in [1.82, 2.24) is 5.48 Å². The first-order valence-electron chi connectivity index (χ1n) is 8.83. The molecule has 0 amide bonds. The summed E-state index contributed by atoms with van der Waals surface area (Å²) in [5.74, 6) is 0.705. The summed E-state index contributed by atoms with van der Waals surface area (Å²) in [5.41, 5.74) is 13.1. The molecule has 0 aromatic heterocycles. The number of amidine groups is 1. The molecule has 130 valence electrons. The Kier molecular flexibility index (Phi) is 17.4. The number of rotatable bonds is 15. The fourth-order valence-corrected chi connectivity index (χ4v) is 2.19. The summed E-state index contributed by atoms with van der Waals surface area (Å²) in [6, 6.07) is 0.